The summed E-state index contributed by atoms with van der Waals surface area (Å²) in [5, 5.41) is 5.94. The number of nitrogens with zero attached hydrogens (tertiary/aromatic N) is 1. The first kappa shape index (κ1) is 15.9. The Bertz CT molecular complexity index is 608. The van der Waals surface area contributed by atoms with Gasteiger partial charge in [0.15, 0.2) is 0 Å². The van der Waals surface area contributed by atoms with Crippen molar-refractivity contribution in [3.63, 3.8) is 0 Å². The highest BCUT2D eigenvalue weighted by atomic mass is 32.2. The van der Waals surface area contributed by atoms with Crippen LogP contribution in [-0.4, -0.2) is 45.3 Å². The fourth-order valence-corrected chi connectivity index (χ4v) is 3.20. The Morgan fingerprint density at radius 2 is 2.10 bits per heavy atom. The summed E-state index contributed by atoms with van der Waals surface area (Å²) >= 11 is 0. The Kier molecular flexibility index (Phi) is 4.97. The molecule has 2 N–H and O–H groups in total. The van der Waals surface area contributed by atoms with Gasteiger partial charge in [-0.3, -0.25) is 4.79 Å². The summed E-state index contributed by atoms with van der Waals surface area (Å²) in [5.74, 6) is -0.117. The van der Waals surface area contributed by atoms with Gasteiger partial charge in [-0.25, -0.2) is 12.7 Å². The lowest BCUT2D eigenvalue weighted by Gasteiger charge is -2.22. The Morgan fingerprint density at radius 1 is 1.33 bits per heavy atom. The van der Waals surface area contributed by atoms with Crippen molar-refractivity contribution in [2.75, 3.05) is 26.0 Å². The molecule has 1 aliphatic heterocycles. The van der Waals surface area contributed by atoms with Crippen LogP contribution in [0.5, 0.6) is 0 Å². The first-order valence-electron chi connectivity index (χ1n) is 6.98. The average Bonchev–Trinajstić information content (AvgIpc) is 2.48. The van der Waals surface area contributed by atoms with Crippen LogP contribution in [0.4, 0.5) is 5.69 Å². The van der Waals surface area contributed by atoms with Crippen LogP contribution in [0.15, 0.2) is 29.2 Å². The molecular weight excluding hydrogens is 290 g/mol. The molecule has 1 atom stereocenters. The SMILES string of the molecule is CN(C)S(=O)(=O)c1cccc(NC(=O)C2CCCCN2)c1. The Balaban J connectivity index is 2.13. The molecule has 1 heterocycles. The van der Waals surface area contributed by atoms with Crippen molar-refractivity contribution in [2.24, 2.45) is 0 Å². The molecule has 0 spiro atoms. The molecule has 1 aliphatic rings. The number of rotatable bonds is 4. The predicted molar refractivity (Wildman–Crippen MR) is 81.6 cm³/mol. The number of benzene rings is 1. The van der Waals surface area contributed by atoms with E-state index >= 15 is 0 Å². The highest BCUT2D eigenvalue weighted by molar-refractivity contribution is 7.89. The highest BCUT2D eigenvalue weighted by Crippen LogP contribution is 2.18. The lowest BCUT2D eigenvalue weighted by Crippen LogP contribution is -2.43. The van der Waals surface area contributed by atoms with E-state index in [1.54, 1.807) is 12.1 Å². The minimum absolute atomic E-state index is 0.117. The zero-order valence-electron chi connectivity index (χ0n) is 12.3. The third kappa shape index (κ3) is 3.81. The van der Waals surface area contributed by atoms with Crippen molar-refractivity contribution < 1.29 is 13.2 Å². The van der Waals surface area contributed by atoms with Gasteiger partial charge < -0.3 is 10.6 Å². The van der Waals surface area contributed by atoms with Gasteiger partial charge in [-0.15, -0.1) is 0 Å². The van der Waals surface area contributed by atoms with E-state index in [2.05, 4.69) is 10.6 Å². The molecule has 1 aromatic carbocycles. The van der Waals surface area contributed by atoms with Gasteiger partial charge in [0.1, 0.15) is 0 Å². The number of hydrogen-bond acceptors (Lipinski definition) is 4. The summed E-state index contributed by atoms with van der Waals surface area (Å²) in [6.07, 6.45) is 2.92. The summed E-state index contributed by atoms with van der Waals surface area (Å²) in [6, 6.07) is 6.11. The monoisotopic (exact) mass is 311 g/mol. The van der Waals surface area contributed by atoms with Crippen LogP contribution < -0.4 is 10.6 Å². The molecule has 21 heavy (non-hydrogen) atoms. The van der Waals surface area contributed by atoms with Gasteiger partial charge in [-0.2, -0.15) is 0 Å². The standard InChI is InChI=1S/C14H21N3O3S/c1-17(2)21(19,20)12-7-5-6-11(10-12)16-14(18)13-8-3-4-9-15-13/h5-7,10,13,15H,3-4,8-9H2,1-2H3,(H,16,18). The van der Waals surface area contributed by atoms with Crippen LogP contribution in [0.3, 0.4) is 0 Å². The van der Waals surface area contributed by atoms with Crippen LogP contribution in [0.1, 0.15) is 19.3 Å². The fraction of sp³-hybridized carbons (Fsp3) is 0.500. The zero-order chi connectivity index (χ0) is 15.5. The van der Waals surface area contributed by atoms with Crippen molar-refractivity contribution in [2.45, 2.75) is 30.2 Å². The first-order chi connectivity index (χ1) is 9.91. The second kappa shape index (κ2) is 6.55. The van der Waals surface area contributed by atoms with E-state index in [-0.39, 0.29) is 16.8 Å². The minimum atomic E-state index is -3.49. The summed E-state index contributed by atoms with van der Waals surface area (Å²) in [4.78, 5) is 12.3. The highest BCUT2D eigenvalue weighted by Gasteiger charge is 2.21. The number of anilines is 1. The summed E-state index contributed by atoms with van der Waals surface area (Å²) in [6.45, 7) is 0.840. The molecule has 1 saturated heterocycles. The second-order valence-electron chi connectivity index (χ2n) is 5.31. The lowest BCUT2D eigenvalue weighted by atomic mass is 10.0. The Hall–Kier alpha value is -1.44. The zero-order valence-corrected chi connectivity index (χ0v) is 13.1. The fourth-order valence-electron chi connectivity index (χ4n) is 2.25. The first-order valence-corrected chi connectivity index (χ1v) is 8.42. The quantitative estimate of drug-likeness (QED) is 0.870. The van der Waals surface area contributed by atoms with Crippen molar-refractivity contribution in [3.8, 4) is 0 Å². The number of nitrogens with one attached hydrogen (secondary N) is 2. The maximum atomic E-state index is 12.1. The van der Waals surface area contributed by atoms with Crippen molar-refractivity contribution in [1.82, 2.24) is 9.62 Å². The van der Waals surface area contributed by atoms with E-state index in [9.17, 15) is 13.2 Å². The van der Waals surface area contributed by atoms with Gasteiger partial charge in [-0.1, -0.05) is 12.5 Å². The van der Waals surface area contributed by atoms with Crippen molar-refractivity contribution >= 4 is 21.6 Å². The largest absolute Gasteiger partial charge is 0.325 e. The molecule has 0 aromatic heterocycles. The normalized spacial score (nSPS) is 19.5. The van der Waals surface area contributed by atoms with Crippen LogP contribution in [-0.2, 0) is 14.8 Å². The minimum Gasteiger partial charge on any atom is -0.325 e. The smallest absolute Gasteiger partial charge is 0.242 e. The molecule has 6 nitrogen and oxygen atoms in total. The summed E-state index contributed by atoms with van der Waals surface area (Å²) < 4.78 is 25.3. The van der Waals surface area contributed by atoms with Gasteiger partial charge >= 0.3 is 0 Å². The van der Waals surface area contributed by atoms with E-state index in [4.69, 9.17) is 0 Å². The molecule has 0 saturated carbocycles. The molecule has 0 radical (unpaired) electrons. The summed E-state index contributed by atoms with van der Waals surface area (Å²) in [7, 11) is -0.536. The average molecular weight is 311 g/mol. The number of carbonyl (C=O) groups excluding carboxylic acids is 1. The maximum Gasteiger partial charge on any atom is 0.242 e. The molecule has 1 amide bonds. The molecular formula is C14H21N3O3S. The Labute approximate surface area is 125 Å². The van der Waals surface area contributed by atoms with Crippen LogP contribution in [0, 0.1) is 0 Å². The van der Waals surface area contributed by atoms with Gasteiger partial charge in [0.25, 0.3) is 0 Å². The third-order valence-corrected chi connectivity index (χ3v) is 5.32. The molecule has 116 valence electrons. The van der Waals surface area contributed by atoms with Gasteiger partial charge in [0, 0.05) is 19.8 Å². The van der Waals surface area contributed by atoms with Gasteiger partial charge in [0.05, 0.1) is 10.9 Å². The maximum absolute atomic E-state index is 12.1. The van der Waals surface area contributed by atoms with E-state index in [0.717, 1.165) is 30.1 Å². The van der Waals surface area contributed by atoms with Gasteiger partial charge in [0.2, 0.25) is 15.9 Å². The third-order valence-electron chi connectivity index (χ3n) is 3.51. The van der Waals surface area contributed by atoms with Crippen LogP contribution >= 0.6 is 0 Å². The van der Waals surface area contributed by atoms with Crippen molar-refractivity contribution in [1.29, 1.82) is 0 Å². The summed E-state index contributed by atoms with van der Waals surface area (Å²) in [5.41, 5.74) is 0.496. The predicted octanol–water partition coefficient (Wildman–Crippen LogP) is 1.02. The molecule has 0 bridgehead atoms. The van der Waals surface area contributed by atoms with E-state index in [0.29, 0.717) is 5.69 Å². The van der Waals surface area contributed by atoms with Gasteiger partial charge in [-0.05, 0) is 37.6 Å². The molecule has 0 aliphatic carbocycles. The topological polar surface area (TPSA) is 78.5 Å². The molecule has 7 heteroatoms. The lowest BCUT2D eigenvalue weighted by molar-refractivity contribution is -0.118. The van der Waals surface area contributed by atoms with E-state index in [1.165, 1.54) is 26.2 Å². The number of carbonyl (C=O) groups is 1. The number of piperidine rings is 1. The molecule has 1 unspecified atom stereocenters. The van der Waals surface area contributed by atoms with Crippen molar-refractivity contribution in [3.05, 3.63) is 24.3 Å². The number of sulfonamides is 1. The van der Waals surface area contributed by atoms with Crippen LogP contribution in [0.25, 0.3) is 0 Å². The van der Waals surface area contributed by atoms with E-state index < -0.39 is 10.0 Å². The van der Waals surface area contributed by atoms with E-state index in [1.807, 2.05) is 0 Å². The number of amides is 1. The second-order valence-corrected chi connectivity index (χ2v) is 7.46. The molecule has 2 rings (SSSR count). The number of hydrogen-bond donors (Lipinski definition) is 2. The Morgan fingerprint density at radius 3 is 2.71 bits per heavy atom. The molecule has 1 aromatic rings. The van der Waals surface area contributed by atoms with Crippen LogP contribution in [0.2, 0.25) is 0 Å². The molecule has 1 fully saturated rings.